The van der Waals surface area contributed by atoms with Crippen LogP contribution in [0.3, 0.4) is 0 Å². The summed E-state index contributed by atoms with van der Waals surface area (Å²) in [6, 6.07) is 0. The van der Waals surface area contributed by atoms with Gasteiger partial charge >= 0.3 is 0 Å². The van der Waals surface area contributed by atoms with Gasteiger partial charge in [0.25, 0.3) is 0 Å². The molecule has 17 heavy (non-hydrogen) atoms. The summed E-state index contributed by atoms with van der Waals surface area (Å²) in [5, 5.41) is 11.5. The van der Waals surface area contributed by atoms with Gasteiger partial charge in [0.1, 0.15) is 12.2 Å². The van der Waals surface area contributed by atoms with Gasteiger partial charge in [-0.1, -0.05) is 32.1 Å². The van der Waals surface area contributed by atoms with E-state index in [0.29, 0.717) is 0 Å². The van der Waals surface area contributed by atoms with Crippen molar-refractivity contribution < 1.29 is 0 Å². The molecule has 1 saturated carbocycles. The fraction of sp³-hybridized carbons (Fsp3) is 0.846. The molecule has 96 valence electrons. The number of hydrogen-bond donors (Lipinski definition) is 1. The van der Waals surface area contributed by atoms with Crippen molar-refractivity contribution in [2.75, 3.05) is 13.1 Å². The lowest BCUT2D eigenvalue weighted by Crippen LogP contribution is -2.22. The molecule has 0 aromatic carbocycles. The Morgan fingerprint density at radius 3 is 2.82 bits per heavy atom. The van der Waals surface area contributed by atoms with Gasteiger partial charge in [-0.2, -0.15) is 0 Å². The SMILES string of the molecule is Cn1cnnc1CCNCCC1CCCCC1. The number of hydrogen-bond acceptors (Lipinski definition) is 3. The minimum atomic E-state index is 0.973. The molecular formula is C13H24N4. The number of aromatic nitrogens is 3. The van der Waals surface area contributed by atoms with E-state index >= 15 is 0 Å². The van der Waals surface area contributed by atoms with E-state index in [1.54, 1.807) is 6.33 Å². The van der Waals surface area contributed by atoms with Crippen LogP contribution in [0.5, 0.6) is 0 Å². The van der Waals surface area contributed by atoms with Crippen molar-refractivity contribution in [3.63, 3.8) is 0 Å². The normalized spacial score (nSPS) is 17.5. The zero-order chi connectivity index (χ0) is 11.9. The lowest BCUT2D eigenvalue weighted by atomic mass is 9.87. The second-order valence-corrected chi connectivity index (χ2v) is 5.15. The molecule has 2 rings (SSSR count). The van der Waals surface area contributed by atoms with E-state index in [1.807, 2.05) is 11.6 Å². The van der Waals surface area contributed by atoms with Gasteiger partial charge in [0.2, 0.25) is 0 Å². The molecule has 0 bridgehead atoms. The van der Waals surface area contributed by atoms with Crippen molar-refractivity contribution in [1.29, 1.82) is 0 Å². The van der Waals surface area contributed by atoms with Crippen LogP contribution in [-0.4, -0.2) is 27.9 Å². The first-order valence-electron chi connectivity index (χ1n) is 6.90. The number of rotatable bonds is 6. The third-order valence-corrected chi connectivity index (χ3v) is 3.78. The number of aryl methyl sites for hydroxylation is 1. The summed E-state index contributed by atoms with van der Waals surface area (Å²) in [5.41, 5.74) is 0. The maximum atomic E-state index is 4.08. The van der Waals surface area contributed by atoms with Crippen molar-refractivity contribution >= 4 is 0 Å². The molecule has 0 radical (unpaired) electrons. The molecule has 4 nitrogen and oxygen atoms in total. The van der Waals surface area contributed by atoms with Crippen molar-refractivity contribution in [3.8, 4) is 0 Å². The van der Waals surface area contributed by atoms with Crippen molar-refractivity contribution in [2.45, 2.75) is 44.9 Å². The standard InChI is InChI=1S/C13H24N4/c1-17-11-15-16-13(17)8-10-14-9-7-12-5-3-2-4-6-12/h11-12,14H,2-10H2,1H3. The third kappa shape index (κ3) is 4.11. The maximum Gasteiger partial charge on any atom is 0.133 e. The predicted octanol–water partition coefficient (Wildman–Crippen LogP) is 1.92. The van der Waals surface area contributed by atoms with Gasteiger partial charge in [0.15, 0.2) is 0 Å². The zero-order valence-corrected chi connectivity index (χ0v) is 10.9. The molecule has 1 N–H and O–H groups in total. The summed E-state index contributed by atoms with van der Waals surface area (Å²) in [4.78, 5) is 0. The average Bonchev–Trinajstić information content (AvgIpc) is 2.76. The quantitative estimate of drug-likeness (QED) is 0.767. The Bertz CT molecular complexity index is 315. The summed E-state index contributed by atoms with van der Waals surface area (Å²) in [6.45, 7) is 2.17. The van der Waals surface area contributed by atoms with E-state index in [0.717, 1.165) is 31.3 Å². The molecule has 0 atom stereocenters. The van der Waals surface area contributed by atoms with Crippen LogP contribution >= 0.6 is 0 Å². The number of nitrogens with zero attached hydrogens (tertiary/aromatic N) is 3. The first-order chi connectivity index (χ1) is 8.36. The van der Waals surface area contributed by atoms with Crippen molar-refractivity contribution in [2.24, 2.45) is 13.0 Å². The predicted molar refractivity (Wildman–Crippen MR) is 68.8 cm³/mol. The Morgan fingerprint density at radius 1 is 1.29 bits per heavy atom. The van der Waals surface area contributed by atoms with Crippen LogP contribution < -0.4 is 5.32 Å². The molecule has 1 aliphatic carbocycles. The Kier molecular flexibility index (Phi) is 4.98. The van der Waals surface area contributed by atoms with E-state index in [2.05, 4.69) is 15.5 Å². The van der Waals surface area contributed by atoms with Crippen LogP contribution in [-0.2, 0) is 13.5 Å². The summed E-state index contributed by atoms with van der Waals surface area (Å²) in [6.07, 6.45) is 11.3. The van der Waals surface area contributed by atoms with E-state index in [4.69, 9.17) is 0 Å². The summed E-state index contributed by atoms with van der Waals surface area (Å²) in [5.74, 6) is 2.04. The van der Waals surface area contributed by atoms with Crippen LogP contribution in [0.4, 0.5) is 0 Å². The van der Waals surface area contributed by atoms with Crippen LogP contribution in [0.2, 0.25) is 0 Å². The highest BCUT2D eigenvalue weighted by molar-refractivity contribution is 4.84. The second kappa shape index (κ2) is 6.74. The van der Waals surface area contributed by atoms with E-state index in [-0.39, 0.29) is 0 Å². The van der Waals surface area contributed by atoms with Gasteiger partial charge in [-0.05, 0) is 18.9 Å². The number of nitrogens with one attached hydrogen (secondary N) is 1. The summed E-state index contributed by atoms with van der Waals surface area (Å²) in [7, 11) is 2.00. The van der Waals surface area contributed by atoms with Crippen LogP contribution in [0.1, 0.15) is 44.3 Å². The molecule has 4 heteroatoms. The van der Waals surface area contributed by atoms with Gasteiger partial charge in [-0.3, -0.25) is 0 Å². The summed E-state index contributed by atoms with van der Waals surface area (Å²) < 4.78 is 1.99. The molecule has 1 aliphatic rings. The average molecular weight is 236 g/mol. The van der Waals surface area contributed by atoms with E-state index in [9.17, 15) is 0 Å². The van der Waals surface area contributed by atoms with Gasteiger partial charge in [0.05, 0.1) is 0 Å². The zero-order valence-electron chi connectivity index (χ0n) is 10.9. The molecule has 1 aromatic heterocycles. The molecule has 0 aliphatic heterocycles. The molecule has 0 spiro atoms. The highest BCUT2D eigenvalue weighted by atomic mass is 15.2. The molecule has 1 heterocycles. The fourth-order valence-corrected chi connectivity index (χ4v) is 2.64. The molecule has 0 amide bonds. The summed E-state index contributed by atoms with van der Waals surface area (Å²) >= 11 is 0. The second-order valence-electron chi connectivity index (χ2n) is 5.15. The third-order valence-electron chi connectivity index (χ3n) is 3.78. The minimum absolute atomic E-state index is 0.973. The molecular weight excluding hydrogens is 212 g/mol. The highest BCUT2D eigenvalue weighted by Gasteiger charge is 2.12. The van der Waals surface area contributed by atoms with Crippen molar-refractivity contribution in [3.05, 3.63) is 12.2 Å². The molecule has 1 aromatic rings. The largest absolute Gasteiger partial charge is 0.321 e. The Labute approximate surface area is 104 Å². The minimum Gasteiger partial charge on any atom is -0.321 e. The highest BCUT2D eigenvalue weighted by Crippen LogP contribution is 2.25. The lowest BCUT2D eigenvalue weighted by molar-refractivity contribution is 0.334. The smallest absolute Gasteiger partial charge is 0.133 e. The Hall–Kier alpha value is -0.900. The van der Waals surface area contributed by atoms with E-state index in [1.165, 1.54) is 38.5 Å². The Balaban J connectivity index is 1.53. The topological polar surface area (TPSA) is 42.7 Å². The molecule has 0 unspecified atom stereocenters. The van der Waals surface area contributed by atoms with Crippen LogP contribution in [0.25, 0.3) is 0 Å². The maximum absolute atomic E-state index is 4.08. The van der Waals surface area contributed by atoms with Gasteiger partial charge in [0, 0.05) is 20.0 Å². The first-order valence-corrected chi connectivity index (χ1v) is 6.90. The lowest BCUT2D eigenvalue weighted by Gasteiger charge is -2.21. The van der Waals surface area contributed by atoms with Crippen LogP contribution in [0, 0.1) is 5.92 Å². The van der Waals surface area contributed by atoms with Gasteiger partial charge in [-0.15, -0.1) is 10.2 Å². The van der Waals surface area contributed by atoms with E-state index < -0.39 is 0 Å². The fourth-order valence-electron chi connectivity index (χ4n) is 2.64. The van der Waals surface area contributed by atoms with Gasteiger partial charge in [-0.25, -0.2) is 0 Å². The van der Waals surface area contributed by atoms with Crippen LogP contribution in [0.15, 0.2) is 6.33 Å². The monoisotopic (exact) mass is 236 g/mol. The van der Waals surface area contributed by atoms with Gasteiger partial charge < -0.3 is 9.88 Å². The first kappa shape index (κ1) is 12.6. The Morgan fingerprint density at radius 2 is 2.12 bits per heavy atom. The molecule has 0 saturated heterocycles. The molecule has 1 fully saturated rings. The van der Waals surface area contributed by atoms with Crippen molar-refractivity contribution in [1.82, 2.24) is 20.1 Å².